The van der Waals surface area contributed by atoms with Crippen molar-refractivity contribution in [2.24, 2.45) is 0 Å². The SMILES string of the molecule is O=[N+]([O-])c1cc(C(F)F)cnc1CS(=O)[O-]. The minimum absolute atomic E-state index is 0.359. The molecular formula is C7H5F2N2O4S-. The van der Waals surface area contributed by atoms with Crippen LogP contribution in [0.5, 0.6) is 0 Å². The Kier molecular flexibility index (Phi) is 3.96. The summed E-state index contributed by atoms with van der Waals surface area (Å²) in [5, 5.41) is 10.5. The van der Waals surface area contributed by atoms with E-state index in [2.05, 4.69) is 4.98 Å². The molecule has 9 heteroatoms. The van der Waals surface area contributed by atoms with Crippen molar-refractivity contribution in [3.05, 3.63) is 33.6 Å². The molecule has 0 fully saturated rings. The second-order valence-corrected chi connectivity index (χ2v) is 3.64. The molecule has 1 heterocycles. The molecule has 1 aromatic rings. The topological polar surface area (TPSA) is 96.2 Å². The molecule has 0 N–H and O–H groups in total. The van der Waals surface area contributed by atoms with Gasteiger partial charge >= 0.3 is 0 Å². The molecule has 0 aliphatic carbocycles. The molecule has 0 aliphatic heterocycles. The number of pyridine rings is 1. The van der Waals surface area contributed by atoms with Crippen molar-refractivity contribution in [1.29, 1.82) is 0 Å². The van der Waals surface area contributed by atoms with Gasteiger partial charge in [0.25, 0.3) is 12.1 Å². The highest BCUT2D eigenvalue weighted by atomic mass is 32.2. The Hall–Kier alpha value is -1.48. The molecule has 1 aromatic heterocycles. The van der Waals surface area contributed by atoms with E-state index in [9.17, 15) is 27.7 Å². The number of rotatable bonds is 4. The minimum Gasteiger partial charge on any atom is -0.772 e. The quantitative estimate of drug-likeness (QED) is 0.456. The van der Waals surface area contributed by atoms with E-state index in [1.165, 1.54) is 0 Å². The fourth-order valence-corrected chi connectivity index (χ4v) is 1.44. The third-order valence-electron chi connectivity index (χ3n) is 1.67. The van der Waals surface area contributed by atoms with Crippen LogP contribution in [0, 0.1) is 10.1 Å². The van der Waals surface area contributed by atoms with Crippen molar-refractivity contribution in [3.63, 3.8) is 0 Å². The zero-order valence-electron chi connectivity index (χ0n) is 7.63. The standard InChI is InChI=1S/C7H6F2N2O4S/c8-7(9)4-1-6(11(12)13)5(10-2-4)3-16(14)15/h1-2,7H,3H2,(H,14,15)/p-1. The maximum atomic E-state index is 12.2. The van der Waals surface area contributed by atoms with Crippen LogP contribution < -0.4 is 0 Å². The average Bonchev–Trinajstić information content (AvgIpc) is 2.16. The number of alkyl halides is 2. The molecule has 16 heavy (non-hydrogen) atoms. The molecule has 1 unspecified atom stereocenters. The zero-order valence-corrected chi connectivity index (χ0v) is 8.45. The van der Waals surface area contributed by atoms with Crippen LogP contribution in [0.3, 0.4) is 0 Å². The summed E-state index contributed by atoms with van der Waals surface area (Å²) in [6.45, 7) is 0. The molecule has 0 spiro atoms. The van der Waals surface area contributed by atoms with E-state index in [1.807, 2.05) is 0 Å². The summed E-state index contributed by atoms with van der Waals surface area (Å²) >= 11 is -2.57. The lowest BCUT2D eigenvalue weighted by Gasteiger charge is -2.06. The minimum atomic E-state index is -2.89. The lowest BCUT2D eigenvalue weighted by atomic mass is 10.2. The van der Waals surface area contributed by atoms with Crippen LogP contribution in [0.2, 0.25) is 0 Å². The predicted octanol–water partition coefficient (Wildman–Crippen LogP) is 1.31. The Morgan fingerprint density at radius 2 is 2.19 bits per heavy atom. The van der Waals surface area contributed by atoms with Gasteiger partial charge in [-0.15, -0.1) is 0 Å². The zero-order chi connectivity index (χ0) is 12.3. The van der Waals surface area contributed by atoms with Crippen molar-refractivity contribution in [2.75, 3.05) is 0 Å². The molecule has 0 aromatic carbocycles. The molecule has 0 amide bonds. The summed E-state index contributed by atoms with van der Waals surface area (Å²) in [5.74, 6) is -0.681. The van der Waals surface area contributed by atoms with Gasteiger partial charge in [-0.25, -0.2) is 8.78 Å². The average molecular weight is 251 g/mol. The maximum Gasteiger partial charge on any atom is 0.292 e. The molecule has 0 aliphatic rings. The van der Waals surface area contributed by atoms with Crippen LogP contribution in [0.25, 0.3) is 0 Å². The van der Waals surface area contributed by atoms with Crippen LogP contribution in [-0.2, 0) is 16.8 Å². The van der Waals surface area contributed by atoms with Crippen LogP contribution in [0.15, 0.2) is 12.3 Å². The van der Waals surface area contributed by atoms with Crippen LogP contribution in [0.1, 0.15) is 17.7 Å². The fourth-order valence-electron chi connectivity index (χ4n) is 0.997. The first-order chi connectivity index (χ1) is 7.41. The molecule has 0 saturated heterocycles. The lowest BCUT2D eigenvalue weighted by Crippen LogP contribution is -2.03. The summed E-state index contributed by atoms with van der Waals surface area (Å²) in [6, 6.07) is 0.625. The second kappa shape index (κ2) is 5.03. The van der Waals surface area contributed by atoms with Crippen molar-refractivity contribution in [3.8, 4) is 0 Å². The van der Waals surface area contributed by atoms with Gasteiger partial charge in [-0.2, -0.15) is 0 Å². The fraction of sp³-hybridized carbons (Fsp3) is 0.286. The Morgan fingerprint density at radius 3 is 2.62 bits per heavy atom. The summed E-state index contributed by atoms with van der Waals surface area (Å²) in [6.07, 6.45) is -2.17. The van der Waals surface area contributed by atoms with Crippen molar-refractivity contribution in [2.45, 2.75) is 12.2 Å². The van der Waals surface area contributed by atoms with Crippen molar-refractivity contribution < 1.29 is 22.5 Å². The van der Waals surface area contributed by atoms with E-state index in [0.717, 1.165) is 6.20 Å². The van der Waals surface area contributed by atoms with E-state index in [4.69, 9.17) is 0 Å². The Bertz CT molecular complexity index is 440. The first-order valence-corrected chi connectivity index (χ1v) is 5.13. The normalized spacial score (nSPS) is 12.8. The molecular weight excluding hydrogens is 246 g/mol. The van der Waals surface area contributed by atoms with E-state index in [0.29, 0.717) is 6.07 Å². The van der Waals surface area contributed by atoms with Gasteiger partial charge in [0, 0.05) is 17.8 Å². The molecule has 88 valence electrons. The smallest absolute Gasteiger partial charge is 0.292 e. The van der Waals surface area contributed by atoms with E-state index in [-0.39, 0.29) is 5.69 Å². The van der Waals surface area contributed by atoms with Gasteiger partial charge in [-0.1, -0.05) is 0 Å². The first-order valence-electron chi connectivity index (χ1n) is 3.89. The number of halogens is 2. The number of hydrogen-bond donors (Lipinski definition) is 0. The molecule has 0 saturated carbocycles. The van der Waals surface area contributed by atoms with Crippen LogP contribution in [0.4, 0.5) is 14.5 Å². The van der Waals surface area contributed by atoms with Gasteiger partial charge in [0.05, 0.1) is 10.7 Å². The molecule has 0 bridgehead atoms. The molecule has 0 radical (unpaired) electrons. The first kappa shape index (κ1) is 12.6. The molecule has 1 atom stereocenters. The van der Waals surface area contributed by atoms with Gasteiger partial charge in [0.2, 0.25) is 0 Å². The third-order valence-corrected chi connectivity index (χ3v) is 2.18. The Labute approximate surface area is 90.7 Å². The van der Waals surface area contributed by atoms with Gasteiger partial charge in [0.15, 0.2) is 0 Å². The highest BCUT2D eigenvalue weighted by Crippen LogP contribution is 2.25. The van der Waals surface area contributed by atoms with Gasteiger partial charge in [-0.3, -0.25) is 19.3 Å². The Morgan fingerprint density at radius 1 is 1.56 bits per heavy atom. The van der Waals surface area contributed by atoms with Crippen molar-refractivity contribution in [1.82, 2.24) is 4.98 Å². The highest BCUT2D eigenvalue weighted by molar-refractivity contribution is 7.78. The number of aromatic nitrogens is 1. The Balaban J connectivity index is 3.19. The molecule has 6 nitrogen and oxygen atoms in total. The summed E-state index contributed by atoms with van der Waals surface area (Å²) in [4.78, 5) is 12.9. The monoisotopic (exact) mass is 251 g/mol. The van der Waals surface area contributed by atoms with E-state index >= 15 is 0 Å². The highest BCUT2D eigenvalue weighted by Gasteiger charge is 2.19. The van der Waals surface area contributed by atoms with E-state index < -0.39 is 39.4 Å². The predicted molar refractivity (Wildman–Crippen MR) is 48.5 cm³/mol. The lowest BCUT2D eigenvalue weighted by molar-refractivity contribution is -0.385. The summed E-state index contributed by atoms with van der Waals surface area (Å²) in [5.41, 5.74) is -1.70. The van der Waals surface area contributed by atoms with Crippen LogP contribution in [-0.4, -0.2) is 18.7 Å². The third kappa shape index (κ3) is 3.00. The van der Waals surface area contributed by atoms with E-state index in [1.54, 1.807) is 0 Å². The number of nitrogens with zero attached hydrogens (tertiary/aromatic N) is 2. The second-order valence-electron chi connectivity index (χ2n) is 2.74. The maximum absolute atomic E-state index is 12.2. The largest absolute Gasteiger partial charge is 0.772 e. The molecule has 1 rings (SSSR count). The number of nitro groups is 1. The van der Waals surface area contributed by atoms with Crippen LogP contribution >= 0.6 is 0 Å². The van der Waals surface area contributed by atoms with Gasteiger partial charge < -0.3 is 4.55 Å². The van der Waals surface area contributed by atoms with Gasteiger partial charge in [0.1, 0.15) is 5.69 Å². The number of hydrogen-bond acceptors (Lipinski definition) is 5. The summed E-state index contributed by atoms with van der Waals surface area (Å²) in [7, 11) is 0. The van der Waals surface area contributed by atoms with Crippen molar-refractivity contribution >= 4 is 16.8 Å². The van der Waals surface area contributed by atoms with Gasteiger partial charge in [-0.05, 0) is 11.1 Å². The summed E-state index contributed by atoms with van der Waals surface area (Å²) < 4.78 is 45.1.